The molecule has 0 amide bonds. The van der Waals surface area contributed by atoms with Gasteiger partial charge >= 0.3 is 5.97 Å². The van der Waals surface area contributed by atoms with E-state index in [4.69, 9.17) is 10.6 Å². The Morgan fingerprint density at radius 3 is 2.56 bits per heavy atom. The average molecular weight is 213 g/mol. The molecule has 2 rings (SSSR count). The van der Waals surface area contributed by atoms with Crippen LogP contribution in [0.1, 0.15) is 10.4 Å². The molecule has 0 aliphatic heterocycles. The molecule has 1 N–H and O–H groups in total. The minimum Gasteiger partial charge on any atom is -0.478 e. The van der Waals surface area contributed by atoms with Crippen LogP contribution in [0.3, 0.4) is 0 Å². The van der Waals surface area contributed by atoms with Gasteiger partial charge in [0.1, 0.15) is 0 Å². The summed E-state index contributed by atoms with van der Waals surface area (Å²) < 4.78 is 0. The van der Waals surface area contributed by atoms with Crippen LogP contribution in [0.2, 0.25) is 0 Å². The van der Waals surface area contributed by atoms with Crippen LogP contribution < -0.4 is 0 Å². The lowest BCUT2D eigenvalue weighted by atomic mass is 10.0. The van der Waals surface area contributed by atoms with Gasteiger partial charge in [-0.2, -0.15) is 0 Å². The van der Waals surface area contributed by atoms with Crippen molar-refractivity contribution in [3.63, 3.8) is 0 Å². The predicted molar refractivity (Wildman–Crippen MR) is 59.7 cm³/mol. The summed E-state index contributed by atoms with van der Waals surface area (Å²) >= 11 is 0. The maximum atomic E-state index is 11.0. The maximum absolute atomic E-state index is 11.0. The van der Waals surface area contributed by atoms with Gasteiger partial charge in [0, 0.05) is 10.6 Å². The number of carboxylic acid groups (broad SMARTS) is 1. The number of azide groups is 1. The van der Waals surface area contributed by atoms with Crippen LogP contribution in [0.4, 0.5) is 5.69 Å². The maximum Gasteiger partial charge on any atom is 0.336 e. The van der Waals surface area contributed by atoms with Crippen LogP contribution in [0, 0.1) is 0 Å². The number of fused-ring (bicyclic) bond motifs is 1. The summed E-state index contributed by atoms with van der Waals surface area (Å²) in [5.74, 6) is -0.997. The van der Waals surface area contributed by atoms with Crippen LogP contribution in [0.25, 0.3) is 21.2 Å². The minimum atomic E-state index is -0.997. The number of carbonyl (C=O) groups is 1. The monoisotopic (exact) mass is 213 g/mol. The quantitative estimate of drug-likeness (QED) is 0.470. The van der Waals surface area contributed by atoms with Crippen molar-refractivity contribution in [2.45, 2.75) is 0 Å². The average Bonchev–Trinajstić information content (AvgIpc) is 2.29. The van der Waals surface area contributed by atoms with Gasteiger partial charge in [-0.25, -0.2) is 4.79 Å². The molecule has 0 spiro atoms. The Labute approximate surface area is 90.6 Å². The van der Waals surface area contributed by atoms with Crippen LogP contribution in [-0.2, 0) is 0 Å². The highest BCUT2D eigenvalue weighted by molar-refractivity contribution is 6.06. The molecule has 2 aromatic carbocycles. The van der Waals surface area contributed by atoms with Gasteiger partial charge in [-0.15, -0.1) is 0 Å². The fourth-order valence-electron chi connectivity index (χ4n) is 1.62. The second-order valence-corrected chi connectivity index (χ2v) is 3.17. The Hall–Kier alpha value is -2.52. The minimum absolute atomic E-state index is 0.201. The molecule has 5 heteroatoms. The van der Waals surface area contributed by atoms with Gasteiger partial charge in [-0.05, 0) is 22.4 Å². The molecular formula is C11H7N3O2. The molecule has 2 aromatic rings. The predicted octanol–water partition coefficient (Wildman–Crippen LogP) is 3.48. The Bertz CT molecular complexity index is 574. The van der Waals surface area contributed by atoms with E-state index in [0.717, 1.165) is 0 Å². The largest absolute Gasteiger partial charge is 0.478 e. The van der Waals surface area contributed by atoms with E-state index in [9.17, 15) is 4.79 Å². The molecule has 0 saturated carbocycles. The first-order valence-electron chi connectivity index (χ1n) is 4.54. The first-order valence-corrected chi connectivity index (χ1v) is 4.54. The summed E-state index contributed by atoms with van der Waals surface area (Å²) in [6.07, 6.45) is 0. The highest BCUT2D eigenvalue weighted by atomic mass is 16.4. The zero-order valence-electron chi connectivity index (χ0n) is 8.16. The first kappa shape index (κ1) is 10.0. The Morgan fingerprint density at radius 1 is 1.19 bits per heavy atom. The fourth-order valence-corrected chi connectivity index (χ4v) is 1.62. The van der Waals surface area contributed by atoms with E-state index >= 15 is 0 Å². The van der Waals surface area contributed by atoms with Crippen molar-refractivity contribution < 1.29 is 9.90 Å². The van der Waals surface area contributed by atoms with E-state index in [1.165, 1.54) is 6.07 Å². The van der Waals surface area contributed by atoms with Crippen molar-refractivity contribution in [2.75, 3.05) is 0 Å². The van der Waals surface area contributed by atoms with Crippen molar-refractivity contribution in [2.24, 2.45) is 5.11 Å². The van der Waals surface area contributed by atoms with Gasteiger partial charge in [-0.1, -0.05) is 35.4 Å². The van der Waals surface area contributed by atoms with E-state index in [-0.39, 0.29) is 5.56 Å². The highest BCUT2D eigenvalue weighted by Crippen LogP contribution is 2.28. The second kappa shape index (κ2) is 3.92. The fraction of sp³-hybridized carbons (Fsp3) is 0. The lowest BCUT2D eigenvalue weighted by Gasteiger charge is -2.04. The number of nitrogens with zero attached hydrogens (tertiary/aromatic N) is 3. The van der Waals surface area contributed by atoms with Gasteiger partial charge in [0.05, 0.1) is 5.56 Å². The zero-order valence-corrected chi connectivity index (χ0v) is 8.16. The third kappa shape index (κ3) is 1.55. The van der Waals surface area contributed by atoms with E-state index in [1.807, 2.05) is 0 Å². The molecule has 0 radical (unpaired) electrons. The second-order valence-electron chi connectivity index (χ2n) is 3.17. The first-order chi connectivity index (χ1) is 7.74. The molecular weight excluding hydrogens is 206 g/mol. The van der Waals surface area contributed by atoms with Crippen molar-refractivity contribution in [3.05, 3.63) is 52.4 Å². The Morgan fingerprint density at radius 2 is 1.88 bits per heavy atom. The molecule has 5 nitrogen and oxygen atoms in total. The molecule has 0 atom stereocenters. The Balaban J connectivity index is 2.86. The van der Waals surface area contributed by atoms with E-state index in [2.05, 4.69) is 10.0 Å². The van der Waals surface area contributed by atoms with Gasteiger partial charge < -0.3 is 5.11 Å². The SMILES string of the molecule is [N-]=[N+]=Nc1cccc2c(C(=O)O)cccc12. The number of hydrogen-bond acceptors (Lipinski definition) is 2. The third-order valence-corrected chi connectivity index (χ3v) is 2.28. The molecule has 0 aliphatic carbocycles. The summed E-state index contributed by atoms with van der Waals surface area (Å²) in [4.78, 5) is 13.7. The van der Waals surface area contributed by atoms with Gasteiger partial charge in [-0.3, -0.25) is 0 Å². The normalized spacial score (nSPS) is 9.75. The van der Waals surface area contributed by atoms with Gasteiger partial charge in [0.15, 0.2) is 0 Å². The summed E-state index contributed by atoms with van der Waals surface area (Å²) in [5, 5.41) is 13.7. The summed E-state index contributed by atoms with van der Waals surface area (Å²) in [7, 11) is 0. The molecule has 0 bridgehead atoms. The summed E-state index contributed by atoms with van der Waals surface area (Å²) in [6.45, 7) is 0. The molecule has 16 heavy (non-hydrogen) atoms. The molecule has 0 aromatic heterocycles. The van der Waals surface area contributed by atoms with Crippen LogP contribution in [0.15, 0.2) is 41.5 Å². The van der Waals surface area contributed by atoms with Gasteiger partial charge in [0.25, 0.3) is 0 Å². The molecule has 0 saturated heterocycles. The number of carboxylic acids is 1. The standard InChI is InChI=1S/C11H7N3O2/c12-14-13-10-6-2-3-7-8(10)4-1-5-9(7)11(15)16/h1-6H,(H,15,16). The van der Waals surface area contributed by atoms with Gasteiger partial charge in [0.2, 0.25) is 0 Å². The van der Waals surface area contributed by atoms with E-state index in [0.29, 0.717) is 16.5 Å². The lowest BCUT2D eigenvalue weighted by Crippen LogP contribution is -1.96. The van der Waals surface area contributed by atoms with Crippen molar-refractivity contribution in [1.82, 2.24) is 0 Å². The molecule has 0 unspecified atom stereocenters. The van der Waals surface area contributed by atoms with E-state index in [1.54, 1.807) is 30.3 Å². The Kier molecular flexibility index (Phi) is 2.45. The molecule has 0 fully saturated rings. The van der Waals surface area contributed by atoms with Crippen LogP contribution in [-0.4, -0.2) is 11.1 Å². The summed E-state index contributed by atoms with van der Waals surface area (Å²) in [5.41, 5.74) is 9.03. The highest BCUT2D eigenvalue weighted by Gasteiger charge is 2.08. The van der Waals surface area contributed by atoms with Crippen LogP contribution >= 0.6 is 0 Å². The van der Waals surface area contributed by atoms with Crippen molar-refractivity contribution >= 4 is 22.4 Å². The summed E-state index contributed by atoms with van der Waals surface area (Å²) in [6, 6.07) is 9.88. The van der Waals surface area contributed by atoms with Crippen molar-refractivity contribution in [1.29, 1.82) is 0 Å². The number of benzene rings is 2. The lowest BCUT2D eigenvalue weighted by molar-refractivity contribution is 0.0699. The molecule has 0 aliphatic rings. The number of aromatic carboxylic acids is 1. The van der Waals surface area contributed by atoms with Crippen molar-refractivity contribution in [3.8, 4) is 0 Å². The topological polar surface area (TPSA) is 86.1 Å². The number of hydrogen-bond donors (Lipinski definition) is 1. The molecule has 0 heterocycles. The zero-order chi connectivity index (χ0) is 11.5. The number of rotatable bonds is 2. The van der Waals surface area contributed by atoms with Crippen LogP contribution in [0.5, 0.6) is 0 Å². The third-order valence-electron chi connectivity index (χ3n) is 2.28. The molecule has 78 valence electrons. The smallest absolute Gasteiger partial charge is 0.336 e. The van der Waals surface area contributed by atoms with E-state index < -0.39 is 5.97 Å².